The molecule has 2 N–H and O–H groups in total. The Labute approximate surface area is 166 Å². The fourth-order valence-electron chi connectivity index (χ4n) is 3.31. The van der Waals surface area contributed by atoms with E-state index in [0.717, 1.165) is 24.6 Å². The number of nitro groups is 1. The van der Waals surface area contributed by atoms with Gasteiger partial charge in [-0.1, -0.05) is 37.4 Å². The number of H-pyrrole nitrogens is 1. The number of nitro benzene ring substituents is 1. The van der Waals surface area contributed by atoms with Gasteiger partial charge in [-0.25, -0.2) is 4.98 Å². The van der Waals surface area contributed by atoms with Gasteiger partial charge in [0.1, 0.15) is 17.3 Å². The Morgan fingerprint density at radius 1 is 1.43 bits per heavy atom. The molecule has 1 aliphatic carbocycles. The molecule has 9 nitrogen and oxygen atoms in total. The maximum atomic E-state index is 12.2. The van der Waals surface area contributed by atoms with Gasteiger partial charge in [-0.3, -0.25) is 20.0 Å². The number of thioether (sulfide) groups is 1. The van der Waals surface area contributed by atoms with E-state index < -0.39 is 4.92 Å². The highest BCUT2D eigenvalue weighted by molar-refractivity contribution is 7.99. The Hall–Kier alpha value is -2.62. The lowest BCUT2D eigenvalue weighted by atomic mass is 10.0. The van der Waals surface area contributed by atoms with Gasteiger partial charge in [-0.15, -0.1) is 5.10 Å². The molecule has 1 fully saturated rings. The summed E-state index contributed by atoms with van der Waals surface area (Å²) < 4.78 is 4.98. The molecule has 1 amide bonds. The van der Waals surface area contributed by atoms with Crippen molar-refractivity contribution in [1.82, 2.24) is 15.2 Å². The zero-order valence-corrected chi connectivity index (χ0v) is 16.5. The number of nitrogens with zero attached hydrogens (tertiary/aromatic N) is 3. The number of aromatic amines is 1. The fraction of sp³-hybridized carbons (Fsp3) is 0.500. The molecule has 0 aliphatic heterocycles. The van der Waals surface area contributed by atoms with Crippen LogP contribution in [0.1, 0.15) is 37.9 Å². The van der Waals surface area contributed by atoms with Gasteiger partial charge >= 0.3 is 0 Å². The zero-order valence-electron chi connectivity index (χ0n) is 15.6. The number of methoxy groups -OCH3 is 1. The molecule has 1 aromatic heterocycles. The molecule has 1 aromatic carbocycles. The summed E-state index contributed by atoms with van der Waals surface area (Å²) in [5.74, 6) is 1.66. The van der Waals surface area contributed by atoms with Crippen LogP contribution in [0.5, 0.6) is 5.75 Å². The molecule has 0 saturated heterocycles. The monoisotopic (exact) mass is 405 g/mol. The first-order valence-corrected chi connectivity index (χ1v) is 10.2. The van der Waals surface area contributed by atoms with Crippen molar-refractivity contribution < 1.29 is 14.5 Å². The largest absolute Gasteiger partial charge is 0.496 e. The summed E-state index contributed by atoms with van der Waals surface area (Å²) in [4.78, 5) is 27.2. The highest BCUT2D eigenvalue weighted by Crippen LogP contribution is 2.30. The van der Waals surface area contributed by atoms with Crippen LogP contribution < -0.4 is 10.1 Å². The van der Waals surface area contributed by atoms with E-state index in [2.05, 4.69) is 20.5 Å². The molecule has 1 aliphatic rings. The second kappa shape index (κ2) is 9.54. The third kappa shape index (κ3) is 5.44. The quantitative estimate of drug-likeness (QED) is 0.371. The molecule has 10 heteroatoms. The second-order valence-electron chi connectivity index (χ2n) is 6.73. The Bertz CT molecular complexity index is 835. The summed E-state index contributed by atoms with van der Waals surface area (Å²) >= 11 is 1.19. The second-order valence-corrected chi connectivity index (χ2v) is 7.67. The molecular formula is C18H23N5O4S. The zero-order chi connectivity index (χ0) is 19.9. The van der Waals surface area contributed by atoms with Gasteiger partial charge in [0, 0.05) is 6.42 Å². The van der Waals surface area contributed by atoms with Crippen LogP contribution in [0.4, 0.5) is 11.4 Å². The van der Waals surface area contributed by atoms with Crippen LogP contribution in [0.15, 0.2) is 23.4 Å². The van der Waals surface area contributed by atoms with Crippen LogP contribution >= 0.6 is 11.8 Å². The number of aromatic nitrogens is 3. The highest BCUT2D eigenvalue weighted by atomic mass is 32.2. The normalized spacial score (nSPS) is 14.2. The summed E-state index contributed by atoms with van der Waals surface area (Å²) in [5, 5.41) is 21.3. The predicted molar refractivity (Wildman–Crippen MR) is 106 cm³/mol. The van der Waals surface area contributed by atoms with Crippen molar-refractivity contribution in [2.75, 3.05) is 18.2 Å². The van der Waals surface area contributed by atoms with E-state index in [1.165, 1.54) is 56.7 Å². The van der Waals surface area contributed by atoms with Gasteiger partial charge in [0.15, 0.2) is 0 Å². The number of rotatable bonds is 9. The molecule has 3 rings (SSSR count). The number of amides is 1. The minimum absolute atomic E-state index is 0.0586. The fourth-order valence-corrected chi connectivity index (χ4v) is 3.92. The van der Waals surface area contributed by atoms with E-state index in [9.17, 15) is 14.9 Å². The van der Waals surface area contributed by atoms with Crippen molar-refractivity contribution in [3.8, 4) is 5.75 Å². The van der Waals surface area contributed by atoms with Crippen molar-refractivity contribution in [1.29, 1.82) is 0 Å². The van der Waals surface area contributed by atoms with Crippen molar-refractivity contribution in [3.05, 3.63) is 34.1 Å². The Balaban J connectivity index is 1.50. The topological polar surface area (TPSA) is 123 Å². The summed E-state index contributed by atoms with van der Waals surface area (Å²) in [6.45, 7) is 0. The first-order valence-electron chi connectivity index (χ1n) is 9.21. The number of carbonyl (C=O) groups excluding carboxylic acids is 1. The van der Waals surface area contributed by atoms with E-state index in [0.29, 0.717) is 10.9 Å². The molecule has 150 valence electrons. The molecule has 0 spiro atoms. The van der Waals surface area contributed by atoms with E-state index in [1.54, 1.807) is 6.07 Å². The van der Waals surface area contributed by atoms with Crippen LogP contribution in [-0.4, -0.2) is 38.9 Å². The molecule has 0 bridgehead atoms. The molecule has 1 saturated carbocycles. The van der Waals surface area contributed by atoms with E-state index >= 15 is 0 Å². The van der Waals surface area contributed by atoms with Gasteiger partial charge in [0.25, 0.3) is 5.69 Å². The lowest BCUT2D eigenvalue weighted by Gasteiger charge is -2.07. The predicted octanol–water partition coefficient (Wildman–Crippen LogP) is 3.58. The molecule has 0 unspecified atom stereocenters. The average Bonchev–Trinajstić information content (AvgIpc) is 3.36. The molecule has 1 heterocycles. The maximum absolute atomic E-state index is 12.2. The molecule has 2 aromatic rings. The highest BCUT2D eigenvalue weighted by Gasteiger charge is 2.18. The van der Waals surface area contributed by atoms with Crippen LogP contribution in [0, 0.1) is 16.0 Å². The molecule has 0 radical (unpaired) electrons. The van der Waals surface area contributed by atoms with Crippen molar-refractivity contribution >= 4 is 29.0 Å². The number of hydrogen-bond donors (Lipinski definition) is 2. The number of anilines is 1. The standard InChI is InChI=1S/C18H23N5O4S/c1-27-13-7-8-14(15(10-13)23(25)26)19-17(24)11-28-18-20-16(21-22-18)9-6-12-4-2-3-5-12/h7-8,10,12H,2-6,9,11H2,1H3,(H,19,24)(H,20,21,22). The third-order valence-corrected chi connectivity index (χ3v) is 5.63. The lowest BCUT2D eigenvalue weighted by Crippen LogP contribution is -2.15. The minimum atomic E-state index is -0.558. The van der Waals surface area contributed by atoms with E-state index in [4.69, 9.17) is 4.74 Å². The SMILES string of the molecule is COc1ccc(NC(=O)CSc2n[nH]c(CCC3CCCC3)n2)c([N+](=O)[O-])c1. The molecule has 0 atom stereocenters. The number of nitrogens with one attached hydrogen (secondary N) is 2. The van der Waals surface area contributed by atoms with E-state index in [1.807, 2.05) is 0 Å². The summed E-state index contributed by atoms with van der Waals surface area (Å²) in [5.41, 5.74) is -0.0894. The van der Waals surface area contributed by atoms with Gasteiger partial charge in [-0.05, 0) is 24.5 Å². The number of benzene rings is 1. The molecular weight excluding hydrogens is 382 g/mol. The lowest BCUT2D eigenvalue weighted by molar-refractivity contribution is -0.384. The van der Waals surface area contributed by atoms with Crippen molar-refractivity contribution in [2.45, 2.75) is 43.7 Å². The van der Waals surface area contributed by atoms with Gasteiger partial charge in [0.2, 0.25) is 11.1 Å². The van der Waals surface area contributed by atoms with Crippen LogP contribution in [0.3, 0.4) is 0 Å². The minimum Gasteiger partial charge on any atom is -0.496 e. The van der Waals surface area contributed by atoms with Crippen LogP contribution in [-0.2, 0) is 11.2 Å². The average molecular weight is 405 g/mol. The van der Waals surface area contributed by atoms with Crippen LogP contribution in [0.25, 0.3) is 0 Å². The van der Waals surface area contributed by atoms with Gasteiger partial charge < -0.3 is 10.1 Å². The van der Waals surface area contributed by atoms with Gasteiger partial charge in [0.05, 0.1) is 23.9 Å². The Morgan fingerprint density at radius 2 is 2.21 bits per heavy atom. The summed E-state index contributed by atoms with van der Waals surface area (Å²) in [6, 6.07) is 4.28. The first-order chi connectivity index (χ1) is 13.5. The van der Waals surface area contributed by atoms with E-state index in [-0.39, 0.29) is 23.0 Å². The van der Waals surface area contributed by atoms with Crippen molar-refractivity contribution in [3.63, 3.8) is 0 Å². The summed E-state index contributed by atoms with van der Waals surface area (Å²) in [7, 11) is 1.42. The number of ether oxygens (including phenoxy) is 1. The smallest absolute Gasteiger partial charge is 0.296 e. The number of carbonyl (C=O) groups is 1. The number of aryl methyl sites for hydroxylation is 1. The summed E-state index contributed by atoms with van der Waals surface area (Å²) in [6.07, 6.45) is 7.22. The Kier molecular flexibility index (Phi) is 6.85. The maximum Gasteiger partial charge on any atom is 0.296 e. The molecule has 28 heavy (non-hydrogen) atoms. The third-order valence-electron chi connectivity index (χ3n) is 4.78. The number of hydrogen-bond acceptors (Lipinski definition) is 7. The van der Waals surface area contributed by atoms with Gasteiger partial charge in [-0.2, -0.15) is 0 Å². The van der Waals surface area contributed by atoms with Crippen molar-refractivity contribution in [2.24, 2.45) is 5.92 Å². The first kappa shape index (κ1) is 20.1. The van der Waals surface area contributed by atoms with Crippen LogP contribution in [0.2, 0.25) is 0 Å². The Morgan fingerprint density at radius 3 is 2.93 bits per heavy atom.